The average molecular weight is 325 g/mol. The maximum Gasteiger partial charge on any atom is 0.0797 e. The van der Waals surface area contributed by atoms with Crippen molar-refractivity contribution in [3.8, 4) is 0 Å². The molecule has 0 bridgehead atoms. The van der Waals surface area contributed by atoms with Crippen LogP contribution in [0.4, 0.5) is 0 Å². The highest BCUT2D eigenvalue weighted by Crippen LogP contribution is 2.22. The predicted molar refractivity (Wildman–Crippen MR) is 91.3 cm³/mol. The van der Waals surface area contributed by atoms with Gasteiger partial charge in [0.15, 0.2) is 0 Å². The Balaban J connectivity index is 1.74. The summed E-state index contributed by atoms with van der Waals surface area (Å²) in [5.41, 5.74) is 4.37. The first kappa shape index (κ1) is 16.6. The van der Waals surface area contributed by atoms with Crippen LogP contribution in [0.15, 0.2) is 11.6 Å². The van der Waals surface area contributed by atoms with Crippen molar-refractivity contribution in [3.05, 3.63) is 37.5 Å². The molecule has 2 aromatic heterocycles. The molecule has 2 heterocycles. The Morgan fingerprint density at radius 2 is 2.19 bits per heavy atom. The maximum atomic E-state index is 5.83. The molecule has 2 rings (SSSR count). The SMILES string of the molecule is CCCNCc1cc(COCCc2scnc2C)c(C)s1. The van der Waals surface area contributed by atoms with Gasteiger partial charge in [0.2, 0.25) is 0 Å². The maximum absolute atomic E-state index is 5.83. The zero-order valence-electron chi connectivity index (χ0n) is 13.1. The molecular weight excluding hydrogens is 300 g/mol. The van der Waals surface area contributed by atoms with Gasteiger partial charge in [0, 0.05) is 27.6 Å². The first-order valence-electron chi connectivity index (χ1n) is 7.46. The van der Waals surface area contributed by atoms with Gasteiger partial charge in [-0.05, 0) is 38.4 Å². The van der Waals surface area contributed by atoms with Crippen LogP contribution in [-0.2, 0) is 24.3 Å². The van der Waals surface area contributed by atoms with Crippen LogP contribution in [0.1, 0.15) is 39.2 Å². The normalized spacial score (nSPS) is 11.2. The Kier molecular flexibility index (Phi) is 6.83. The molecule has 0 radical (unpaired) electrons. The Bertz CT molecular complexity index is 548. The number of nitrogens with one attached hydrogen (secondary N) is 1. The van der Waals surface area contributed by atoms with E-state index in [1.54, 1.807) is 11.3 Å². The van der Waals surface area contributed by atoms with Crippen LogP contribution in [-0.4, -0.2) is 18.1 Å². The lowest BCUT2D eigenvalue weighted by molar-refractivity contribution is 0.124. The lowest BCUT2D eigenvalue weighted by atomic mass is 10.2. The molecule has 0 aliphatic carbocycles. The van der Waals surface area contributed by atoms with Gasteiger partial charge in [-0.3, -0.25) is 0 Å². The summed E-state index contributed by atoms with van der Waals surface area (Å²) in [6.07, 6.45) is 2.14. The number of aryl methyl sites for hydroxylation is 2. The third-order valence-electron chi connectivity index (χ3n) is 3.37. The molecule has 0 saturated heterocycles. The Hall–Kier alpha value is -0.750. The van der Waals surface area contributed by atoms with Crippen LogP contribution in [0, 0.1) is 13.8 Å². The monoisotopic (exact) mass is 324 g/mol. The molecule has 0 spiro atoms. The number of nitrogens with zero attached hydrogens (tertiary/aromatic N) is 1. The van der Waals surface area contributed by atoms with Crippen LogP contribution in [0.3, 0.4) is 0 Å². The smallest absolute Gasteiger partial charge is 0.0797 e. The number of rotatable bonds is 9. The van der Waals surface area contributed by atoms with Gasteiger partial charge in [0.25, 0.3) is 0 Å². The van der Waals surface area contributed by atoms with Gasteiger partial charge in [0.1, 0.15) is 0 Å². The van der Waals surface area contributed by atoms with E-state index in [1.807, 2.05) is 16.8 Å². The van der Waals surface area contributed by atoms with E-state index in [9.17, 15) is 0 Å². The molecule has 1 N–H and O–H groups in total. The first-order chi connectivity index (χ1) is 10.2. The predicted octanol–water partition coefficient (Wildman–Crippen LogP) is 4.08. The quantitative estimate of drug-likeness (QED) is 0.706. The molecule has 0 saturated carbocycles. The van der Waals surface area contributed by atoms with Gasteiger partial charge in [-0.1, -0.05) is 6.92 Å². The molecule has 3 nitrogen and oxygen atoms in total. The lowest BCUT2D eigenvalue weighted by Crippen LogP contribution is -2.12. The molecule has 0 atom stereocenters. The fraction of sp³-hybridized carbons (Fsp3) is 0.562. The van der Waals surface area contributed by atoms with E-state index in [0.29, 0.717) is 6.61 Å². The lowest BCUT2D eigenvalue weighted by Gasteiger charge is -2.03. The number of hydrogen-bond acceptors (Lipinski definition) is 5. The van der Waals surface area contributed by atoms with Gasteiger partial charge in [-0.25, -0.2) is 4.98 Å². The van der Waals surface area contributed by atoms with Crippen LogP contribution < -0.4 is 5.32 Å². The van der Waals surface area contributed by atoms with Crippen molar-refractivity contribution in [2.45, 2.75) is 46.8 Å². The minimum Gasteiger partial charge on any atom is -0.376 e. The second kappa shape index (κ2) is 8.63. The fourth-order valence-electron chi connectivity index (χ4n) is 2.12. The van der Waals surface area contributed by atoms with Crippen molar-refractivity contribution < 1.29 is 4.74 Å². The largest absolute Gasteiger partial charge is 0.376 e. The molecule has 0 unspecified atom stereocenters. The zero-order chi connectivity index (χ0) is 15.1. The van der Waals surface area contributed by atoms with Crippen LogP contribution in [0.5, 0.6) is 0 Å². The zero-order valence-corrected chi connectivity index (χ0v) is 14.7. The molecule has 0 aliphatic rings. The highest BCUT2D eigenvalue weighted by Gasteiger charge is 2.06. The van der Waals surface area contributed by atoms with Crippen molar-refractivity contribution in [2.75, 3.05) is 13.2 Å². The van der Waals surface area contributed by atoms with Gasteiger partial charge in [-0.15, -0.1) is 22.7 Å². The number of ether oxygens (including phenoxy) is 1. The molecule has 0 aromatic carbocycles. The van der Waals surface area contributed by atoms with E-state index < -0.39 is 0 Å². The Morgan fingerprint density at radius 1 is 1.33 bits per heavy atom. The molecular formula is C16H24N2OS2. The van der Waals surface area contributed by atoms with Gasteiger partial charge in [0.05, 0.1) is 24.4 Å². The number of thiophene rings is 1. The highest BCUT2D eigenvalue weighted by molar-refractivity contribution is 7.12. The summed E-state index contributed by atoms with van der Waals surface area (Å²) in [6, 6.07) is 2.28. The third-order valence-corrected chi connectivity index (χ3v) is 5.46. The molecule has 0 aliphatic heterocycles. The highest BCUT2D eigenvalue weighted by atomic mass is 32.1. The summed E-state index contributed by atoms with van der Waals surface area (Å²) in [7, 11) is 0. The van der Waals surface area contributed by atoms with Gasteiger partial charge < -0.3 is 10.1 Å². The molecule has 0 fully saturated rings. The van der Waals surface area contributed by atoms with Crippen molar-refractivity contribution in [1.29, 1.82) is 0 Å². The number of aromatic nitrogens is 1. The van der Waals surface area contributed by atoms with Crippen LogP contribution in [0.25, 0.3) is 0 Å². The second-order valence-electron chi connectivity index (χ2n) is 5.13. The Morgan fingerprint density at radius 3 is 2.90 bits per heavy atom. The van der Waals surface area contributed by atoms with Crippen molar-refractivity contribution in [3.63, 3.8) is 0 Å². The molecule has 2 aromatic rings. The van der Waals surface area contributed by atoms with E-state index in [2.05, 4.69) is 37.1 Å². The molecule has 116 valence electrons. The summed E-state index contributed by atoms with van der Waals surface area (Å²) in [5.74, 6) is 0. The van der Waals surface area contributed by atoms with Crippen molar-refractivity contribution in [2.24, 2.45) is 0 Å². The summed E-state index contributed by atoms with van der Waals surface area (Å²) in [5, 5.41) is 3.45. The summed E-state index contributed by atoms with van der Waals surface area (Å²) in [4.78, 5) is 8.37. The number of hydrogen-bond donors (Lipinski definition) is 1. The van der Waals surface area contributed by atoms with Crippen molar-refractivity contribution in [1.82, 2.24) is 10.3 Å². The van der Waals surface area contributed by atoms with Gasteiger partial charge in [-0.2, -0.15) is 0 Å². The second-order valence-corrected chi connectivity index (χ2v) is 7.41. The minimum absolute atomic E-state index is 0.716. The summed E-state index contributed by atoms with van der Waals surface area (Å²) in [6.45, 7) is 9.97. The van der Waals surface area contributed by atoms with Crippen LogP contribution in [0.2, 0.25) is 0 Å². The van der Waals surface area contributed by atoms with E-state index in [4.69, 9.17) is 4.74 Å². The fourth-order valence-corrected chi connectivity index (χ4v) is 3.90. The average Bonchev–Trinajstić information content (AvgIpc) is 3.02. The summed E-state index contributed by atoms with van der Waals surface area (Å²) < 4.78 is 5.83. The Labute approximate surface area is 135 Å². The number of thiazole rings is 1. The first-order valence-corrected chi connectivity index (χ1v) is 9.16. The molecule has 21 heavy (non-hydrogen) atoms. The minimum atomic E-state index is 0.716. The summed E-state index contributed by atoms with van der Waals surface area (Å²) >= 11 is 3.59. The molecule has 5 heteroatoms. The van der Waals surface area contributed by atoms with E-state index in [0.717, 1.165) is 31.8 Å². The van der Waals surface area contributed by atoms with E-state index in [-0.39, 0.29) is 0 Å². The van der Waals surface area contributed by atoms with E-state index >= 15 is 0 Å². The van der Waals surface area contributed by atoms with Crippen molar-refractivity contribution >= 4 is 22.7 Å². The topological polar surface area (TPSA) is 34.1 Å². The van der Waals surface area contributed by atoms with E-state index in [1.165, 1.54) is 26.6 Å². The standard InChI is InChI=1S/C16H24N2OS2/c1-4-6-17-9-15-8-14(13(3)21-15)10-19-7-5-16-12(2)18-11-20-16/h8,11,17H,4-7,9-10H2,1-3H3. The third kappa shape index (κ3) is 5.18. The van der Waals surface area contributed by atoms with Crippen LogP contribution >= 0.6 is 22.7 Å². The van der Waals surface area contributed by atoms with Gasteiger partial charge >= 0.3 is 0 Å². The molecule has 0 amide bonds.